The van der Waals surface area contributed by atoms with Gasteiger partial charge in [-0.05, 0) is 18.2 Å². The first-order valence-corrected chi connectivity index (χ1v) is 8.72. The number of aliphatic imine (C=N–C) groups is 1. The van der Waals surface area contributed by atoms with Crippen LogP contribution in [0.4, 0.5) is 17.1 Å². The van der Waals surface area contributed by atoms with E-state index in [0.717, 1.165) is 0 Å². The molecule has 1 N–H and O–H groups in total. The van der Waals surface area contributed by atoms with Crippen LogP contribution in [0.25, 0.3) is 0 Å². The van der Waals surface area contributed by atoms with E-state index in [2.05, 4.69) is 10.3 Å². The molecule has 0 radical (unpaired) electrons. The zero-order valence-corrected chi connectivity index (χ0v) is 16.7. The van der Waals surface area contributed by atoms with Gasteiger partial charge in [-0.2, -0.15) is 0 Å². The van der Waals surface area contributed by atoms with Gasteiger partial charge in [0.05, 0.1) is 38.5 Å². The van der Waals surface area contributed by atoms with Crippen LogP contribution in [-0.4, -0.2) is 23.8 Å². The molecule has 0 saturated carbocycles. The fourth-order valence-corrected chi connectivity index (χ4v) is 3.05. The minimum Gasteiger partial charge on any atom is -0.484 e. The number of hydrogen-bond donors (Lipinski definition) is 1. The Morgan fingerprint density at radius 1 is 1.15 bits per heavy atom. The number of nitro benzene ring substituents is 1. The Labute approximate surface area is 174 Å². The molecule has 2 aromatic carbocycles. The van der Waals surface area contributed by atoms with Crippen molar-refractivity contribution in [3.8, 4) is 0 Å². The van der Waals surface area contributed by atoms with Crippen LogP contribution in [0.3, 0.4) is 0 Å². The van der Waals surface area contributed by atoms with Gasteiger partial charge in [-0.25, -0.2) is 4.99 Å². The van der Waals surface area contributed by atoms with Gasteiger partial charge in [-0.1, -0.05) is 46.4 Å². The smallest absolute Gasteiger partial charge is 0.271 e. The maximum atomic E-state index is 12.3. The molecule has 0 aliphatic rings. The van der Waals surface area contributed by atoms with E-state index in [0.29, 0.717) is 5.02 Å². The molecule has 0 saturated heterocycles. The van der Waals surface area contributed by atoms with Gasteiger partial charge < -0.3 is 10.1 Å². The van der Waals surface area contributed by atoms with Crippen LogP contribution in [0.2, 0.25) is 20.1 Å². The number of halogens is 4. The summed E-state index contributed by atoms with van der Waals surface area (Å²) in [5, 5.41) is 14.2. The lowest BCUT2D eigenvalue weighted by atomic mass is 10.2. The molecular formula is C16H11Cl4N3O4. The Bertz CT molecular complexity index is 911. The van der Waals surface area contributed by atoms with E-state index in [1.54, 1.807) is 0 Å². The molecular weight excluding hydrogens is 440 g/mol. The number of rotatable bonds is 5. The summed E-state index contributed by atoms with van der Waals surface area (Å²) in [5.41, 5.74) is 0.0902. The number of non-ortho nitro benzene ring substituents is 1. The molecule has 2 aromatic rings. The van der Waals surface area contributed by atoms with Gasteiger partial charge in [0, 0.05) is 17.2 Å². The number of benzene rings is 2. The first-order chi connectivity index (χ1) is 12.7. The highest BCUT2D eigenvalue weighted by molar-refractivity contribution is 6.42. The molecule has 1 amide bonds. The van der Waals surface area contributed by atoms with Gasteiger partial charge in [0.1, 0.15) is 6.42 Å². The van der Waals surface area contributed by atoms with Crippen LogP contribution in [0.1, 0.15) is 6.42 Å². The molecule has 0 aliphatic carbocycles. The lowest BCUT2D eigenvalue weighted by molar-refractivity contribution is -0.384. The van der Waals surface area contributed by atoms with Crippen molar-refractivity contribution in [2.45, 2.75) is 6.42 Å². The van der Waals surface area contributed by atoms with Crippen LogP contribution >= 0.6 is 46.4 Å². The minimum absolute atomic E-state index is 0.0175. The lowest BCUT2D eigenvalue weighted by Crippen LogP contribution is -2.18. The zero-order valence-electron chi connectivity index (χ0n) is 13.6. The van der Waals surface area contributed by atoms with Crippen LogP contribution in [0, 0.1) is 10.1 Å². The number of anilines is 1. The van der Waals surface area contributed by atoms with Crippen LogP contribution in [0.5, 0.6) is 0 Å². The van der Waals surface area contributed by atoms with Crippen molar-refractivity contribution in [2.24, 2.45) is 4.99 Å². The fraction of sp³-hybridized carbons (Fsp3) is 0.125. The Kier molecular flexibility index (Phi) is 7.26. The van der Waals surface area contributed by atoms with Crippen molar-refractivity contribution >= 4 is 75.3 Å². The van der Waals surface area contributed by atoms with Gasteiger partial charge in [-0.3, -0.25) is 14.9 Å². The predicted molar refractivity (Wildman–Crippen MR) is 107 cm³/mol. The maximum Gasteiger partial charge on any atom is 0.271 e. The molecule has 0 aromatic heterocycles. The largest absolute Gasteiger partial charge is 0.484 e. The predicted octanol–water partition coefficient (Wildman–Crippen LogP) is 5.91. The summed E-state index contributed by atoms with van der Waals surface area (Å²) in [6.07, 6.45) is -0.287. The zero-order chi connectivity index (χ0) is 20.1. The van der Waals surface area contributed by atoms with Gasteiger partial charge in [0.15, 0.2) is 5.90 Å². The second kappa shape index (κ2) is 9.23. The average Bonchev–Trinajstić information content (AvgIpc) is 2.59. The average molecular weight is 451 g/mol. The molecule has 0 spiro atoms. The number of methoxy groups -OCH3 is 1. The Morgan fingerprint density at radius 3 is 2.33 bits per heavy atom. The highest BCUT2D eigenvalue weighted by Gasteiger charge is 2.15. The Hall–Kier alpha value is -2.06. The molecule has 7 nitrogen and oxygen atoms in total. The third kappa shape index (κ3) is 5.71. The summed E-state index contributed by atoms with van der Waals surface area (Å²) in [6.45, 7) is 0. The first-order valence-electron chi connectivity index (χ1n) is 7.21. The van der Waals surface area contributed by atoms with Crippen molar-refractivity contribution in [1.29, 1.82) is 0 Å². The molecule has 0 unspecified atom stereocenters. The number of ether oxygens (including phenoxy) is 1. The lowest BCUT2D eigenvalue weighted by Gasteiger charge is -2.11. The number of amides is 1. The van der Waals surface area contributed by atoms with Gasteiger partial charge in [-0.15, -0.1) is 0 Å². The second-order valence-electron chi connectivity index (χ2n) is 5.07. The number of nitro groups is 1. The summed E-state index contributed by atoms with van der Waals surface area (Å²) in [4.78, 5) is 26.6. The summed E-state index contributed by atoms with van der Waals surface area (Å²) < 4.78 is 5.07. The molecule has 0 bridgehead atoms. The molecule has 11 heteroatoms. The first kappa shape index (κ1) is 21.2. The Balaban J connectivity index is 2.22. The summed E-state index contributed by atoms with van der Waals surface area (Å²) in [5.74, 6) is -0.542. The normalized spacial score (nSPS) is 11.2. The number of nitrogens with one attached hydrogen (secondary N) is 1. The molecule has 0 aliphatic heterocycles. The molecule has 0 heterocycles. The number of nitrogens with zero attached hydrogens (tertiary/aromatic N) is 2. The van der Waals surface area contributed by atoms with Gasteiger partial charge >= 0.3 is 0 Å². The van der Waals surface area contributed by atoms with E-state index >= 15 is 0 Å². The quantitative estimate of drug-likeness (QED) is 0.265. The third-order valence-corrected chi connectivity index (χ3v) is 4.34. The number of carbonyl (C=O) groups is 1. The summed E-state index contributed by atoms with van der Waals surface area (Å²) >= 11 is 23.9. The van der Waals surface area contributed by atoms with E-state index < -0.39 is 10.8 Å². The summed E-state index contributed by atoms with van der Waals surface area (Å²) in [7, 11) is 1.31. The van der Waals surface area contributed by atoms with Crippen LogP contribution in [-0.2, 0) is 9.53 Å². The van der Waals surface area contributed by atoms with Crippen LogP contribution < -0.4 is 5.32 Å². The van der Waals surface area contributed by atoms with E-state index in [4.69, 9.17) is 51.1 Å². The Morgan fingerprint density at radius 2 is 1.78 bits per heavy atom. The van der Waals surface area contributed by atoms with E-state index in [1.807, 2.05) is 0 Å². The molecule has 142 valence electrons. The van der Waals surface area contributed by atoms with E-state index in [1.165, 1.54) is 37.4 Å². The fourth-order valence-electron chi connectivity index (χ4n) is 1.97. The molecule has 27 heavy (non-hydrogen) atoms. The van der Waals surface area contributed by atoms with Crippen LogP contribution in [0.15, 0.2) is 35.3 Å². The topological polar surface area (TPSA) is 93.8 Å². The standard InChI is InChI=1S/C16H11Cl4N3O4/c1-27-15(21-13-6-9(23(25)26)2-3-10(13)18)7-14(24)22-16-11(19)4-8(17)5-12(16)20/h2-6H,7H2,1H3,(H,22,24). The second-order valence-corrected chi connectivity index (χ2v) is 6.73. The van der Waals surface area contributed by atoms with Crippen molar-refractivity contribution in [2.75, 3.05) is 12.4 Å². The van der Waals surface area contributed by atoms with Gasteiger partial charge in [0.2, 0.25) is 5.91 Å². The SMILES string of the molecule is COC(CC(=O)Nc1c(Cl)cc(Cl)cc1Cl)=Nc1cc([N+](=O)[O-])ccc1Cl. The monoisotopic (exact) mass is 449 g/mol. The van der Waals surface area contributed by atoms with Crippen molar-refractivity contribution < 1.29 is 14.5 Å². The van der Waals surface area contributed by atoms with Crippen molar-refractivity contribution in [3.63, 3.8) is 0 Å². The van der Waals surface area contributed by atoms with E-state index in [-0.39, 0.29) is 44.4 Å². The van der Waals surface area contributed by atoms with Gasteiger partial charge in [0.25, 0.3) is 5.69 Å². The molecule has 2 rings (SSSR count). The van der Waals surface area contributed by atoms with Crippen molar-refractivity contribution in [1.82, 2.24) is 0 Å². The minimum atomic E-state index is -0.584. The van der Waals surface area contributed by atoms with E-state index in [9.17, 15) is 14.9 Å². The molecule has 0 fully saturated rings. The van der Waals surface area contributed by atoms with Crippen molar-refractivity contribution in [3.05, 3.63) is 60.5 Å². The highest BCUT2D eigenvalue weighted by Crippen LogP contribution is 2.34. The summed E-state index contributed by atoms with van der Waals surface area (Å²) in [6, 6.07) is 6.61. The maximum absolute atomic E-state index is 12.3. The highest BCUT2D eigenvalue weighted by atomic mass is 35.5. The number of carbonyl (C=O) groups excluding carboxylic acids is 1. The number of hydrogen-bond acceptors (Lipinski definition) is 5. The third-order valence-electron chi connectivity index (χ3n) is 3.20. The molecule has 0 atom stereocenters.